The van der Waals surface area contributed by atoms with Gasteiger partial charge in [-0.1, -0.05) is 48.5 Å². The molecule has 0 aliphatic rings. The van der Waals surface area contributed by atoms with Gasteiger partial charge in [0.25, 0.3) is 5.91 Å². The van der Waals surface area contributed by atoms with Crippen LogP contribution < -0.4 is 24.4 Å². The van der Waals surface area contributed by atoms with Gasteiger partial charge < -0.3 is 24.4 Å². The predicted molar refractivity (Wildman–Crippen MR) is 122 cm³/mol. The summed E-state index contributed by atoms with van der Waals surface area (Å²) in [5.74, 6) is 1.16. The maximum Gasteiger partial charge on any atom is 0.251 e. The number of hydrogen-bond acceptors (Lipinski definition) is 5. The van der Waals surface area contributed by atoms with Crippen LogP contribution in [0.15, 0.2) is 72.8 Å². The Morgan fingerprint density at radius 1 is 0.903 bits per heavy atom. The van der Waals surface area contributed by atoms with Gasteiger partial charge in [-0.2, -0.15) is 0 Å². The number of likely N-dealkylation sites (N-methyl/N-ethyl adjacent to an activating group) is 1. The first kappa shape index (κ1) is 22.0. The van der Waals surface area contributed by atoms with E-state index in [1.54, 1.807) is 26.4 Å². The van der Waals surface area contributed by atoms with E-state index < -0.39 is 0 Å². The maximum atomic E-state index is 12.7. The smallest absolute Gasteiger partial charge is 0.251 e. The lowest BCUT2D eigenvalue weighted by atomic mass is 10.1. The third-order valence-corrected chi connectivity index (χ3v) is 4.88. The van der Waals surface area contributed by atoms with Crippen LogP contribution in [0.3, 0.4) is 0 Å². The molecule has 6 heteroatoms. The van der Waals surface area contributed by atoms with Gasteiger partial charge in [0.1, 0.15) is 6.61 Å². The molecule has 162 valence electrons. The molecule has 0 aliphatic carbocycles. The summed E-state index contributed by atoms with van der Waals surface area (Å²) in [5, 5.41) is 2.95. The molecule has 0 saturated carbocycles. The van der Waals surface area contributed by atoms with Crippen LogP contribution in [0, 0.1) is 0 Å². The molecule has 3 rings (SSSR count). The van der Waals surface area contributed by atoms with Gasteiger partial charge in [-0.05, 0) is 29.8 Å². The minimum Gasteiger partial charge on any atom is -0.493 e. The van der Waals surface area contributed by atoms with Crippen LogP contribution in [0.25, 0.3) is 0 Å². The molecule has 0 heterocycles. The van der Waals surface area contributed by atoms with Crippen molar-refractivity contribution >= 4 is 11.6 Å². The summed E-state index contributed by atoms with van der Waals surface area (Å²) in [4.78, 5) is 14.8. The molecule has 31 heavy (non-hydrogen) atoms. The van der Waals surface area contributed by atoms with Crippen molar-refractivity contribution in [2.75, 3.05) is 39.3 Å². The topological polar surface area (TPSA) is 60.0 Å². The van der Waals surface area contributed by atoms with Crippen LogP contribution in [-0.4, -0.2) is 40.3 Å². The Balaban J connectivity index is 1.65. The van der Waals surface area contributed by atoms with Crippen molar-refractivity contribution in [3.05, 3.63) is 83.9 Å². The van der Waals surface area contributed by atoms with E-state index in [0.717, 1.165) is 11.3 Å². The normalized spacial score (nSPS) is 10.3. The molecule has 1 amide bonds. The van der Waals surface area contributed by atoms with Crippen molar-refractivity contribution in [3.8, 4) is 17.2 Å². The highest BCUT2D eigenvalue weighted by atomic mass is 16.5. The number of amides is 1. The number of carbonyl (C=O) groups excluding carboxylic acids is 1. The molecule has 0 radical (unpaired) electrons. The Kier molecular flexibility index (Phi) is 7.76. The Hall–Kier alpha value is -3.67. The molecule has 6 nitrogen and oxygen atoms in total. The summed E-state index contributed by atoms with van der Waals surface area (Å²) < 4.78 is 16.9. The zero-order chi connectivity index (χ0) is 22.1. The van der Waals surface area contributed by atoms with Crippen LogP contribution in [0.5, 0.6) is 17.2 Å². The highest BCUT2D eigenvalue weighted by Gasteiger charge is 2.18. The first-order valence-corrected chi connectivity index (χ1v) is 10.1. The summed E-state index contributed by atoms with van der Waals surface area (Å²) in [6.45, 7) is 1.55. The van der Waals surface area contributed by atoms with E-state index in [-0.39, 0.29) is 5.91 Å². The molecule has 0 fully saturated rings. The summed E-state index contributed by atoms with van der Waals surface area (Å²) in [6, 6.07) is 23.2. The number of nitrogens with zero attached hydrogens (tertiary/aromatic N) is 1. The van der Waals surface area contributed by atoms with E-state index in [0.29, 0.717) is 42.5 Å². The first-order valence-electron chi connectivity index (χ1n) is 10.1. The molecule has 3 aromatic rings. The van der Waals surface area contributed by atoms with E-state index in [2.05, 4.69) is 10.2 Å². The average Bonchev–Trinajstić information content (AvgIpc) is 2.83. The zero-order valence-corrected chi connectivity index (χ0v) is 18.1. The molecular formula is C25H28N2O4. The number of carbonyl (C=O) groups is 1. The van der Waals surface area contributed by atoms with Crippen LogP contribution in [0.2, 0.25) is 0 Å². The van der Waals surface area contributed by atoms with Gasteiger partial charge in [0.05, 0.1) is 14.2 Å². The second-order valence-corrected chi connectivity index (χ2v) is 7.00. The number of ether oxygens (including phenoxy) is 3. The van der Waals surface area contributed by atoms with Crippen LogP contribution in [0.4, 0.5) is 5.69 Å². The van der Waals surface area contributed by atoms with Crippen LogP contribution in [-0.2, 0) is 6.61 Å². The summed E-state index contributed by atoms with van der Waals surface area (Å²) in [7, 11) is 5.08. The van der Waals surface area contributed by atoms with E-state index in [4.69, 9.17) is 14.2 Å². The fourth-order valence-electron chi connectivity index (χ4n) is 3.13. The average molecular weight is 421 g/mol. The van der Waals surface area contributed by atoms with Crippen molar-refractivity contribution < 1.29 is 19.0 Å². The van der Waals surface area contributed by atoms with Crippen molar-refractivity contribution in [3.63, 3.8) is 0 Å². The number of anilines is 1. The minimum absolute atomic E-state index is 0.201. The fraction of sp³-hybridized carbons (Fsp3) is 0.240. The molecule has 1 N–H and O–H groups in total. The zero-order valence-electron chi connectivity index (χ0n) is 18.1. The predicted octanol–water partition coefficient (Wildman–Crippen LogP) is 4.15. The van der Waals surface area contributed by atoms with E-state index in [9.17, 15) is 4.79 Å². The Morgan fingerprint density at radius 2 is 1.48 bits per heavy atom. The van der Waals surface area contributed by atoms with E-state index >= 15 is 0 Å². The quantitative estimate of drug-likeness (QED) is 0.534. The van der Waals surface area contributed by atoms with Gasteiger partial charge in [-0.3, -0.25) is 4.79 Å². The van der Waals surface area contributed by atoms with Gasteiger partial charge in [0.2, 0.25) is 5.75 Å². The summed E-state index contributed by atoms with van der Waals surface area (Å²) >= 11 is 0. The standard InChI is InChI=1S/C25H28N2O4/c1-27(21-12-8-5-9-13-21)15-14-26-25(28)20-16-22(29-2)24(23(17-20)30-3)31-18-19-10-6-4-7-11-19/h4-13,16-17H,14-15,18H2,1-3H3,(H,26,28). The minimum atomic E-state index is -0.201. The van der Waals surface area contributed by atoms with Crippen LogP contribution >= 0.6 is 0 Å². The van der Waals surface area contributed by atoms with Crippen molar-refractivity contribution in [1.29, 1.82) is 0 Å². The molecule has 0 saturated heterocycles. The number of nitrogens with one attached hydrogen (secondary N) is 1. The third kappa shape index (κ3) is 5.92. The second-order valence-electron chi connectivity index (χ2n) is 7.00. The molecular weight excluding hydrogens is 392 g/mol. The Morgan fingerprint density at radius 3 is 2.06 bits per heavy atom. The molecule has 0 unspecified atom stereocenters. The molecule has 3 aromatic carbocycles. The summed E-state index contributed by atoms with van der Waals surface area (Å²) in [6.07, 6.45) is 0. The molecule has 0 aliphatic heterocycles. The second kappa shape index (κ2) is 10.9. The van der Waals surface area contributed by atoms with Gasteiger partial charge in [-0.15, -0.1) is 0 Å². The molecule has 0 bridgehead atoms. The first-order chi connectivity index (χ1) is 15.1. The number of hydrogen-bond donors (Lipinski definition) is 1. The van der Waals surface area contributed by atoms with Crippen molar-refractivity contribution in [2.45, 2.75) is 6.61 Å². The number of para-hydroxylation sites is 1. The van der Waals surface area contributed by atoms with Crippen molar-refractivity contribution in [2.24, 2.45) is 0 Å². The maximum absolute atomic E-state index is 12.7. The van der Waals surface area contributed by atoms with Crippen LogP contribution in [0.1, 0.15) is 15.9 Å². The van der Waals surface area contributed by atoms with Crippen molar-refractivity contribution in [1.82, 2.24) is 5.32 Å². The van der Waals surface area contributed by atoms with Gasteiger partial charge in [0, 0.05) is 31.4 Å². The van der Waals surface area contributed by atoms with E-state index in [1.807, 2.05) is 67.7 Å². The largest absolute Gasteiger partial charge is 0.493 e. The summed E-state index contributed by atoms with van der Waals surface area (Å²) in [5.41, 5.74) is 2.57. The fourth-order valence-corrected chi connectivity index (χ4v) is 3.13. The molecule has 0 aromatic heterocycles. The lowest BCUT2D eigenvalue weighted by molar-refractivity contribution is 0.0954. The lowest BCUT2D eigenvalue weighted by Gasteiger charge is -2.20. The van der Waals surface area contributed by atoms with Gasteiger partial charge >= 0.3 is 0 Å². The number of benzene rings is 3. The number of rotatable bonds is 10. The monoisotopic (exact) mass is 420 g/mol. The number of methoxy groups -OCH3 is 2. The molecule has 0 spiro atoms. The Labute approximate surface area is 183 Å². The SMILES string of the molecule is COc1cc(C(=O)NCCN(C)c2ccccc2)cc(OC)c1OCc1ccccc1. The van der Waals surface area contributed by atoms with Gasteiger partial charge in [0.15, 0.2) is 11.5 Å². The highest BCUT2D eigenvalue weighted by molar-refractivity contribution is 5.95. The Bertz CT molecular complexity index is 952. The third-order valence-electron chi connectivity index (χ3n) is 4.88. The molecule has 0 atom stereocenters. The van der Waals surface area contributed by atoms with Gasteiger partial charge in [-0.25, -0.2) is 0 Å². The van der Waals surface area contributed by atoms with E-state index in [1.165, 1.54) is 0 Å². The lowest BCUT2D eigenvalue weighted by Crippen LogP contribution is -2.33. The highest BCUT2D eigenvalue weighted by Crippen LogP contribution is 2.39.